The average molecular weight is 163 g/mol. The van der Waals surface area contributed by atoms with E-state index in [-0.39, 0.29) is 0 Å². The minimum Gasteiger partial charge on any atom is -0.496 e. The Morgan fingerprint density at radius 2 is 2.08 bits per heavy atom. The van der Waals surface area contributed by atoms with Crippen molar-refractivity contribution in [2.75, 3.05) is 7.11 Å². The Hall–Kier alpha value is -1.31. The van der Waals surface area contributed by atoms with E-state index in [2.05, 4.69) is 0 Å². The van der Waals surface area contributed by atoms with E-state index in [1.165, 1.54) is 0 Å². The van der Waals surface area contributed by atoms with Crippen molar-refractivity contribution in [3.63, 3.8) is 0 Å². The first-order valence-electron chi connectivity index (χ1n) is 3.85. The molecular weight excluding hydrogens is 150 g/mol. The zero-order chi connectivity index (χ0) is 9.14. The lowest BCUT2D eigenvalue weighted by atomic mass is 10.1. The van der Waals surface area contributed by atoms with E-state index in [1.54, 1.807) is 14.0 Å². The second-order valence-corrected chi connectivity index (χ2v) is 2.81. The Kier molecular flexibility index (Phi) is 2.48. The lowest BCUT2D eigenvalue weighted by Gasteiger charge is -2.05. The molecule has 0 aliphatic heterocycles. The molecule has 0 saturated heterocycles. The first kappa shape index (κ1) is 8.78. The minimum absolute atomic E-state index is 0.584. The van der Waals surface area contributed by atoms with Crippen molar-refractivity contribution in [2.24, 2.45) is 0 Å². The summed E-state index contributed by atoms with van der Waals surface area (Å²) in [7, 11) is 1.65. The molecule has 0 radical (unpaired) electrons. The van der Waals surface area contributed by atoms with Gasteiger partial charge in [-0.2, -0.15) is 0 Å². The van der Waals surface area contributed by atoms with Gasteiger partial charge in [0.2, 0.25) is 0 Å². The third kappa shape index (κ3) is 1.64. The largest absolute Gasteiger partial charge is 0.496 e. The normalized spacial score (nSPS) is 9.58. The number of nitrogens with one attached hydrogen (secondary N) is 1. The molecule has 1 rings (SSSR count). The van der Waals surface area contributed by atoms with Crippen LogP contribution in [0.5, 0.6) is 5.75 Å². The van der Waals surface area contributed by atoms with Crippen molar-refractivity contribution in [1.29, 1.82) is 5.41 Å². The number of aryl methyl sites for hydroxylation is 1. The molecule has 0 bridgehead atoms. The second kappa shape index (κ2) is 3.39. The van der Waals surface area contributed by atoms with Crippen LogP contribution in [0.3, 0.4) is 0 Å². The second-order valence-electron chi connectivity index (χ2n) is 2.81. The van der Waals surface area contributed by atoms with Crippen molar-refractivity contribution < 1.29 is 4.74 Å². The summed E-state index contributed by atoms with van der Waals surface area (Å²) in [5.41, 5.74) is 2.61. The zero-order valence-electron chi connectivity index (χ0n) is 7.64. The molecule has 0 heterocycles. The number of hydrogen-bond donors (Lipinski definition) is 1. The molecule has 0 amide bonds. The molecule has 0 aliphatic carbocycles. The molecule has 0 spiro atoms. The number of hydrogen-bond acceptors (Lipinski definition) is 2. The molecule has 0 unspecified atom stereocenters. The quantitative estimate of drug-likeness (QED) is 0.667. The van der Waals surface area contributed by atoms with E-state index in [1.807, 2.05) is 25.1 Å². The molecule has 2 nitrogen and oxygen atoms in total. The van der Waals surface area contributed by atoms with Gasteiger partial charge in [-0.15, -0.1) is 0 Å². The van der Waals surface area contributed by atoms with Gasteiger partial charge >= 0.3 is 0 Å². The maximum atomic E-state index is 7.42. The van der Waals surface area contributed by atoms with Gasteiger partial charge < -0.3 is 10.1 Å². The molecule has 1 aromatic rings. The highest BCUT2D eigenvalue weighted by molar-refractivity contribution is 5.96. The van der Waals surface area contributed by atoms with Gasteiger partial charge in [0, 0.05) is 5.71 Å². The fourth-order valence-electron chi connectivity index (χ4n) is 1.11. The first-order valence-corrected chi connectivity index (χ1v) is 3.85. The maximum absolute atomic E-state index is 7.42. The fourth-order valence-corrected chi connectivity index (χ4v) is 1.11. The third-order valence-corrected chi connectivity index (χ3v) is 1.83. The van der Waals surface area contributed by atoms with Crippen LogP contribution in [0.2, 0.25) is 0 Å². The van der Waals surface area contributed by atoms with E-state index >= 15 is 0 Å². The molecule has 2 heteroatoms. The van der Waals surface area contributed by atoms with Crippen LogP contribution in [0.25, 0.3) is 0 Å². The summed E-state index contributed by atoms with van der Waals surface area (Å²) in [6.45, 7) is 3.76. The number of rotatable bonds is 2. The van der Waals surface area contributed by atoms with Crippen LogP contribution in [0.1, 0.15) is 18.1 Å². The lowest BCUT2D eigenvalue weighted by Crippen LogP contribution is -1.94. The van der Waals surface area contributed by atoms with Crippen molar-refractivity contribution in [3.05, 3.63) is 29.3 Å². The Bertz CT molecular complexity index is 305. The van der Waals surface area contributed by atoms with Crippen molar-refractivity contribution in [3.8, 4) is 5.75 Å². The number of ether oxygens (including phenoxy) is 1. The SMILES string of the molecule is COc1ccc(C(C)=N)cc1C. The van der Waals surface area contributed by atoms with E-state index in [0.717, 1.165) is 16.9 Å². The molecule has 1 N–H and O–H groups in total. The standard InChI is InChI=1S/C10H13NO/c1-7-6-9(8(2)11)4-5-10(7)12-3/h4-6,11H,1-3H3. The van der Waals surface area contributed by atoms with Gasteiger partial charge in [-0.25, -0.2) is 0 Å². The Morgan fingerprint density at radius 3 is 2.50 bits per heavy atom. The first-order chi connectivity index (χ1) is 5.65. The smallest absolute Gasteiger partial charge is 0.121 e. The Labute approximate surface area is 72.7 Å². The molecule has 1 aromatic carbocycles. The molecule has 0 fully saturated rings. The topological polar surface area (TPSA) is 33.1 Å². The van der Waals surface area contributed by atoms with E-state index in [4.69, 9.17) is 10.1 Å². The van der Waals surface area contributed by atoms with E-state index in [9.17, 15) is 0 Å². The van der Waals surface area contributed by atoms with Crippen LogP contribution in [0.4, 0.5) is 0 Å². The summed E-state index contributed by atoms with van der Waals surface area (Å²) in [4.78, 5) is 0. The van der Waals surface area contributed by atoms with Gasteiger partial charge in [0.1, 0.15) is 5.75 Å². The van der Waals surface area contributed by atoms with Crippen LogP contribution in [-0.4, -0.2) is 12.8 Å². The van der Waals surface area contributed by atoms with Gasteiger partial charge in [-0.3, -0.25) is 0 Å². The molecule has 64 valence electrons. The highest BCUT2D eigenvalue weighted by Gasteiger charge is 2.00. The number of benzene rings is 1. The molecule has 12 heavy (non-hydrogen) atoms. The van der Waals surface area contributed by atoms with Gasteiger partial charge in [-0.1, -0.05) is 0 Å². The minimum atomic E-state index is 0.584. The van der Waals surface area contributed by atoms with Crippen LogP contribution in [-0.2, 0) is 0 Å². The highest BCUT2D eigenvalue weighted by Crippen LogP contribution is 2.18. The van der Waals surface area contributed by atoms with E-state index in [0.29, 0.717) is 5.71 Å². The summed E-state index contributed by atoms with van der Waals surface area (Å²) in [6, 6.07) is 5.75. The molecular formula is C10H13NO. The fraction of sp³-hybridized carbons (Fsp3) is 0.300. The predicted molar refractivity (Wildman–Crippen MR) is 50.2 cm³/mol. The van der Waals surface area contributed by atoms with Gasteiger partial charge in [-0.05, 0) is 43.2 Å². The van der Waals surface area contributed by atoms with Crippen molar-refractivity contribution in [1.82, 2.24) is 0 Å². The third-order valence-electron chi connectivity index (χ3n) is 1.83. The summed E-state index contributed by atoms with van der Waals surface area (Å²) in [5, 5.41) is 7.42. The summed E-state index contributed by atoms with van der Waals surface area (Å²) in [5.74, 6) is 0.875. The Balaban J connectivity index is 3.10. The van der Waals surface area contributed by atoms with Gasteiger partial charge in [0.25, 0.3) is 0 Å². The zero-order valence-corrected chi connectivity index (χ0v) is 7.64. The maximum Gasteiger partial charge on any atom is 0.121 e. The molecule has 0 saturated carbocycles. The number of methoxy groups -OCH3 is 1. The average Bonchev–Trinajstić information content (AvgIpc) is 2.04. The van der Waals surface area contributed by atoms with Crippen LogP contribution in [0, 0.1) is 12.3 Å². The predicted octanol–water partition coefficient (Wildman–Crippen LogP) is 2.39. The molecule has 0 aromatic heterocycles. The summed E-state index contributed by atoms with van der Waals surface area (Å²) in [6.07, 6.45) is 0. The summed E-state index contributed by atoms with van der Waals surface area (Å²) < 4.78 is 5.11. The van der Waals surface area contributed by atoms with Crippen LogP contribution >= 0.6 is 0 Å². The lowest BCUT2D eigenvalue weighted by molar-refractivity contribution is 0.411. The Morgan fingerprint density at radius 1 is 1.42 bits per heavy atom. The van der Waals surface area contributed by atoms with Crippen molar-refractivity contribution >= 4 is 5.71 Å². The van der Waals surface area contributed by atoms with Crippen molar-refractivity contribution in [2.45, 2.75) is 13.8 Å². The van der Waals surface area contributed by atoms with Gasteiger partial charge in [0.15, 0.2) is 0 Å². The van der Waals surface area contributed by atoms with Crippen LogP contribution < -0.4 is 4.74 Å². The highest BCUT2D eigenvalue weighted by atomic mass is 16.5. The van der Waals surface area contributed by atoms with Crippen LogP contribution in [0.15, 0.2) is 18.2 Å². The van der Waals surface area contributed by atoms with E-state index < -0.39 is 0 Å². The molecule has 0 aliphatic rings. The molecule has 0 atom stereocenters. The summed E-state index contributed by atoms with van der Waals surface area (Å²) >= 11 is 0. The monoisotopic (exact) mass is 163 g/mol. The van der Waals surface area contributed by atoms with Gasteiger partial charge in [0.05, 0.1) is 7.11 Å².